The van der Waals surface area contributed by atoms with Crippen LogP contribution in [-0.2, 0) is 0 Å². The zero-order valence-corrected chi connectivity index (χ0v) is 17.7. The molecule has 0 bridgehead atoms. The fraction of sp³-hybridized carbons (Fsp3) is 0.100. The van der Waals surface area contributed by atoms with Gasteiger partial charge in [-0.15, -0.1) is 0 Å². The van der Waals surface area contributed by atoms with Crippen molar-refractivity contribution in [1.82, 2.24) is 24.7 Å². The summed E-state index contributed by atoms with van der Waals surface area (Å²) in [6.07, 6.45) is 1.78. The van der Waals surface area contributed by atoms with Crippen molar-refractivity contribution in [3.63, 3.8) is 0 Å². The Balaban J connectivity index is 1.76. The maximum absolute atomic E-state index is 5.37. The number of nitrogens with zero attached hydrogens (tertiary/aromatic N) is 5. The predicted octanol–water partition coefficient (Wildman–Crippen LogP) is 5.05. The van der Waals surface area contributed by atoms with Crippen LogP contribution in [0.3, 0.4) is 0 Å². The topological polar surface area (TPSA) is 63.8 Å². The zero-order valence-electron chi connectivity index (χ0n) is 15.3. The van der Waals surface area contributed by atoms with Crippen LogP contribution in [0.2, 0.25) is 0 Å². The molecule has 6 nitrogen and oxygen atoms in total. The SMILES string of the molecule is Cc1nn(-c2ccccc2)c(C)c1/C=N\n1c(-c2ccccc2Br)n[nH]c1=S. The molecule has 0 aliphatic heterocycles. The van der Waals surface area contributed by atoms with Gasteiger partial charge < -0.3 is 0 Å². The summed E-state index contributed by atoms with van der Waals surface area (Å²) in [6, 6.07) is 17.8. The van der Waals surface area contributed by atoms with Crippen molar-refractivity contribution in [2.75, 3.05) is 0 Å². The third-order valence-electron chi connectivity index (χ3n) is 4.42. The number of aryl methyl sites for hydroxylation is 1. The maximum atomic E-state index is 5.37. The predicted molar refractivity (Wildman–Crippen MR) is 117 cm³/mol. The molecule has 0 radical (unpaired) electrons. The number of H-pyrrole nitrogens is 1. The number of para-hydroxylation sites is 1. The third kappa shape index (κ3) is 3.36. The van der Waals surface area contributed by atoms with Crippen LogP contribution >= 0.6 is 28.1 Å². The van der Waals surface area contributed by atoms with Crippen molar-refractivity contribution >= 4 is 34.4 Å². The Morgan fingerprint density at radius 2 is 1.79 bits per heavy atom. The van der Waals surface area contributed by atoms with Crippen molar-refractivity contribution < 1.29 is 0 Å². The summed E-state index contributed by atoms with van der Waals surface area (Å²) >= 11 is 8.93. The van der Waals surface area contributed by atoms with Gasteiger partial charge in [-0.05, 0) is 50.3 Å². The molecule has 0 aliphatic carbocycles. The molecule has 0 spiro atoms. The molecule has 0 atom stereocenters. The summed E-state index contributed by atoms with van der Waals surface area (Å²) in [5.74, 6) is 0.638. The lowest BCUT2D eigenvalue weighted by atomic mass is 10.2. The molecule has 8 heteroatoms. The molecular weight excluding hydrogens is 436 g/mol. The Hall–Kier alpha value is -2.84. The molecule has 0 aliphatic rings. The summed E-state index contributed by atoms with van der Waals surface area (Å²) in [5, 5.41) is 16.4. The number of benzene rings is 2. The molecule has 0 saturated carbocycles. The first-order chi connectivity index (χ1) is 13.6. The Morgan fingerprint density at radius 1 is 1.07 bits per heavy atom. The molecule has 0 saturated heterocycles. The van der Waals surface area contributed by atoms with E-state index in [4.69, 9.17) is 12.2 Å². The molecule has 140 valence electrons. The first-order valence-corrected chi connectivity index (χ1v) is 9.84. The number of rotatable bonds is 4. The van der Waals surface area contributed by atoms with E-state index in [1.165, 1.54) is 0 Å². The highest BCUT2D eigenvalue weighted by atomic mass is 79.9. The average Bonchev–Trinajstić information content (AvgIpc) is 3.20. The van der Waals surface area contributed by atoms with Crippen molar-refractivity contribution in [1.29, 1.82) is 0 Å². The minimum atomic E-state index is 0.424. The zero-order chi connectivity index (χ0) is 19.7. The van der Waals surface area contributed by atoms with E-state index in [1.54, 1.807) is 10.9 Å². The number of aromatic amines is 1. The van der Waals surface area contributed by atoms with Gasteiger partial charge in [0.05, 0.1) is 23.3 Å². The summed E-state index contributed by atoms with van der Waals surface area (Å²) in [6.45, 7) is 3.99. The van der Waals surface area contributed by atoms with Gasteiger partial charge in [0, 0.05) is 15.6 Å². The van der Waals surface area contributed by atoms with E-state index in [1.807, 2.05) is 73.1 Å². The van der Waals surface area contributed by atoms with Crippen LogP contribution < -0.4 is 0 Å². The third-order valence-corrected chi connectivity index (χ3v) is 5.37. The number of hydrogen-bond acceptors (Lipinski definition) is 4. The molecule has 2 heterocycles. The van der Waals surface area contributed by atoms with Gasteiger partial charge in [-0.1, -0.05) is 46.3 Å². The summed E-state index contributed by atoms with van der Waals surface area (Å²) in [5.41, 5.74) is 4.76. The number of hydrogen-bond donors (Lipinski definition) is 1. The molecule has 1 N–H and O–H groups in total. The number of nitrogens with one attached hydrogen (secondary N) is 1. The van der Waals surface area contributed by atoms with E-state index in [-0.39, 0.29) is 0 Å². The van der Waals surface area contributed by atoms with Crippen LogP contribution in [0.25, 0.3) is 17.1 Å². The molecule has 28 heavy (non-hydrogen) atoms. The molecule has 0 unspecified atom stereocenters. The monoisotopic (exact) mass is 452 g/mol. The fourth-order valence-corrected chi connectivity index (χ4v) is 3.63. The van der Waals surface area contributed by atoms with E-state index in [0.29, 0.717) is 10.6 Å². The standard InChI is InChI=1S/C20H17BrN6S/c1-13-17(14(2)26(25-13)15-8-4-3-5-9-15)12-22-27-19(23-24-20(27)28)16-10-6-7-11-18(16)21/h3-12H,1-2H3,(H,24,28)/b22-12-. The van der Waals surface area contributed by atoms with Gasteiger partial charge in [0.2, 0.25) is 4.77 Å². The smallest absolute Gasteiger partial charge is 0.216 e. The van der Waals surface area contributed by atoms with Gasteiger partial charge in [0.1, 0.15) is 0 Å². The highest BCUT2D eigenvalue weighted by Gasteiger charge is 2.13. The molecule has 4 aromatic rings. The van der Waals surface area contributed by atoms with Crippen LogP contribution in [-0.4, -0.2) is 30.9 Å². The summed E-state index contributed by atoms with van der Waals surface area (Å²) in [4.78, 5) is 0. The van der Waals surface area contributed by atoms with Crippen LogP contribution in [0.1, 0.15) is 17.0 Å². The lowest BCUT2D eigenvalue weighted by molar-refractivity contribution is 0.833. The Labute approximate surface area is 175 Å². The second-order valence-electron chi connectivity index (χ2n) is 6.22. The van der Waals surface area contributed by atoms with E-state index >= 15 is 0 Å². The Morgan fingerprint density at radius 3 is 2.54 bits per heavy atom. The summed E-state index contributed by atoms with van der Waals surface area (Å²) in [7, 11) is 0. The fourth-order valence-electron chi connectivity index (χ4n) is 2.99. The van der Waals surface area contributed by atoms with E-state index < -0.39 is 0 Å². The lowest BCUT2D eigenvalue weighted by Crippen LogP contribution is -1.99. The normalized spacial score (nSPS) is 11.4. The Bertz CT molecular complexity index is 1220. The minimum Gasteiger partial charge on any atom is -0.250 e. The first-order valence-electron chi connectivity index (χ1n) is 8.64. The molecule has 2 aromatic heterocycles. The van der Waals surface area contributed by atoms with Crippen LogP contribution in [0.4, 0.5) is 0 Å². The highest BCUT2D eigenvalue weighted by molar-refractivity contribution is 9.10. The van der Waals surface area contributed by atoms with E-state index in [0.717, 1.165) is 32.7 Å². The molecule has 2 aromatic carbocycles. The largest absolute Gasteiger partial charge is 0.250 e. The minimum absolute atomic E-state index is 0.424. The second-order valence-corrected chi connectivity index (χ2v) is 7.46. The quantitative estimate of drug-likeness (QED) is 0.347. The van der Waals surface area contributed by atoms with Gasteiger partial charge in [0.25, 0.3) is 0 Å². The molecule has 4 rings (SSSR count). The van der Waals surface area contributed by atoms with Crippen LogP contribution in [0.5, 0.6) is 0 Å². The van der Waals surface area contributed by atoms with Crippen molar-refractivity contribution in [3.05, 3.63) is 80.8 Å². The van der Waals surface area contributed by atoms with Crippen molar-refractivity contribution in [2.24, 2.45) is 5.10 Å². The van der Waals surface area contributed by atoms with E-state index in [2.05, 4.69) is 36.3 Å². The highest BCUT2D eigenvalue weighted by Crippen LogP contribution is 2.26. The van der Waals surface area contributed by atoms with Gasteiger partial charge in [0.15, 0.2) is 5.82 Å². The second kappa shape index (κ2) is 7.65. The van der Waals surface area contributed by atoms with Gasteiger partial charge in [-0.3, -0.25) is 0 Å². The van der Waals surface area contributed by atoms with Crippen LogP contribution in [0.15, 0.2) is 64.2 Å². The molecule has 0 amide bonds. The lowest BCUT2D eigenvalue weighted by Gasteiger charge is -2.04. The molecule has 0 fully saturated rings. The van der Waals surface area contributed by atoms with Crippen molar-refractivity contribution in [2.45, 2.75) is 13.8 Å². The van der Waals surface area contributed by atoms with E-state index in [9.17, 15) is 0 Å². The van der Waals surface area contributed by atoms with Gasteiger partial charge in [-0.2, -0.15) is 20.0 Å². The van der Waals surface area contributed by atoms with Gasteiger partial charge >= 0.3 is 0 Å². The number of aromatic nitrogens is 5. The number of halogens is 1. The average molecular weight is 453 g/mol. The maximum Gasteiger partial charge on any atom is 0.216 e. The Kier molecular flexibility index (Phi) is 5.06. The summed E-state index contributed by atoms with van der Waals surface area (Å²) < 4.78 is 4.88. The van der Waals surface area contributed by atoms with Gasteiger partial charge in [-0.25, -0.2) is 9.78 Å². The molecular formula is C20H17BrN6S. The van der Waals surface area contributed by atoms with Crippen LogP contribution in [0, 0.1) is 18.6 Å². The first kappa shape index (κ1) is 18.5. The van der Waals surface area contributed by atoms with Crippen molar-refractivity contribution in [3.8, 4) is 17.1 Å².